The molecule has 3 nitrogen and oxygen atoms in total. The summed E-state index contributed by atoms with van der Waals surface area (Å²) in [6.45, 7) is 2.12. The van der Waals surface area contributed by atoms with E-state index in [0.717, 1.165) is 29.3 Å². The summed E-state index contributed by atoms with van der Waals surface area (Å²) in [4.78, 5) is 11.8. The number of aryl methyl sites for hydroxylation is 1. The number of benzene rings is 1. The average molecular weight is 310 g/mol. The van der Waals surface area contributed by atoms with Crippen LogP contribution in [0, 0.1) is 11.3 Å². The van der Waals surface area contributed by atoms with Gasteiger partial charge in [0.25, 0.3) is 0 Å². The van der Waals surface area contributed by atoms with Gasteiger partial charge >= 0.3 is 5.97 Å². The van der Waals surface area contributed by atoms with E-state index in [2.05, 4.69) is 22.0 Å². The zero-order valence-corrected chi connectivity index (χ0v) is 12.0. The number of ether oxygens (including phenoxy) is 1. The first-order valence-corrected chi connectivity index (χ1v) is 7.07. The van der Waals surface area contributed by atoms with Gasteiger partial charge in [0.05, 0.1) is 24.7 Å². The standard InChI is InChI=1S/C14H16BrNO2/c1-2-18-14(17)13-7-3-5-11(6-4-9-15)12(13)8-10-16/h3,5,7H,2,4,6,8-9H2,1H3. The molecule has 0 aliphatic rings. The first kappa shape index (κ1) is 14.7. The molecule has 0 spiro atoms. The minimum atomic E-state index is -0.344. The fourth-order valence-corrected chi connectivity index (χ4v) is 2.09. The number of hydrogen-bond donors (Lipinski definition) is 0. The van der Waals surface area contributed by atoms with Crippen molar-refractivity contribution >= 4 is 21.9 Å². The summed E-state index contributed by atoms with van der Waals surface area (Å²) in [7, 11) is 0. The Labute approximate surface area is 116 Å². The van der Waals surface area contributed by atoms with E-state index in [4.69, 9.17) is 10.00 Å². The smallest absolute Gasteiger partial charge is 0.338 e. The molecule has 1 aromatic carbocycles. The van der Waals surface area contributed by atoms with E-state index in [1.54, 1.807) is 13.0 Å². The predicted octanol–water partition coefficient (Wildman–Crippen LogP) is 3.26. The van der Waals surface area contributed by atoms with Crippen molar-refractivity contribution in [2.75, 3.05) is 11.9 Å². The highest BCUT2D eigenvalue weighted by molar-refractivity contribution is 9.09. The third kappa shape index (κ3) is 3.85. The predicted molar refractivity (Wildman–Crippen MR) is 73.8 cm³/mol. The van der Waals surface area contributed by atoms with Gasteiger partial charge in [0.2, 0.25) is 0 Å². The van der Waals surface area contributed by atoms with Gasteiger partial charge in [-0.1, -0.05) is 28.1 Å². The third-order valence-corrected chi connectivity index (χ3v) is 3.16. The highest BCUT2D eigenvalue weighted by atomic mass is 79.9. The van der Waals surface area contributed by atoms with Crippen LogP contribution in [0.2, 0.25) is 0 Å². The van der Waals surface area contributed by atoms with Gasteiger partial charge in [0.1, 0.15) is 0 Å². The molecular weight excluding hydrogens is 294 g/mol. The fourth-order valence-electron chi connectivity index (χ4n) is 1.81. The first-order chi connectivity index (χ1) is 8.74. The normalized spacial score (nSPS) is 9.83. The lowest BCUT2D eigenvalue weighted by molar-refractivity contribution is 0.0525. The molecule has 0 amide bonds. The van der Waals surface area contributed by atoms with E-state index in [-0.39, 0.29) is 12.4 Å². The second kappa shape index (κ2) is 7.88. The maximum atomic E-state index is 11.8. The zero-order chi connectivity index (χ0) is 13.4. The van der Waals surface area contributed by atoms with Crippen LogP contribution in [-0.2, 0) is 17.6 Å². The minimum absolute atomic E-state index is 0.243. The number of esters is 1. The molecule has 0 aliphatic heterocycles. The second-order valence-corrected chi connectivity index (χ2v) is 4.58. The number of carbonyl (C=O) groups excluding carboxylic acids is 1. The van der Waals surface area contributed by atoms with E-state index in [1.165, 1.54) is 0 Å². The van der Waals surface area contributed by atoms with Crippen molar-refractivity contribution in [3.63, 3.8) is 0 Å². The number of carbonyl (C=O) groups is 1. The maximum Gasteiger partial charge on any atom is 0.338 e. The number of hydrogen-bond acceptors (Lipinski definition) is 3. The summed E-state index contributed by atoms with van der Waals surface area (Å²) < 4.78 is 5.02. The molecule has 4 heteroatoms. The highest BCUT2D eigenvalue weighted by Crippen LogP contribution is 2.19. The summed E-state index contributed by atoms with van der Waals surface area (Å²) in [5.41, 5.74) is 2.38. The van der Waals surface area contributed by atoms with Crippen LogP contribution in [0.3, 0.4) is 0 Å². The van der Waals surface area contributed by atoms with E-state index in [1.807, 2.05) is 12.1 Å². The quantitative estimate of drug-likeness (QED) is 0.598. The van der Waals surface area contributed by atoms with Crippen molar-refractivity contribution in [1.29, 1.82) is 5.26 Å². The van der Waals surface area contributed by atoms with Gasteiger partial charge in [-0.15, -0.1) is 0 Å². The number of rotatable bonds is 6. The lowest BCUT2D eigenvalue weighted by Crippen LogP contribution is -2.10. The van der Waals surface area contributed by atoms with Gasteiger partial charge in [0.15, 0.2) is 0 Å². The molecule has 0 atom stereocenters. The molecular formula is C14H16BrNO2. The fraction of sp³-hybridized carbons (Fsp3) is 0.429. The minimum Gasteiger partial charge on any atom is -0.462 e. The van der Waals surface area contributed by atoms with Crippen LogP contribution in [0.4, 0.5) is 0 Å². The zero-order valence-electron chi connectivity index (χ0n) is 10.4. The van der Waals surface area contributed by atoms with Crippen molar-refractivity contribution < 1.29 is 9.53 Å². The Bertz CT molecular complexity index is 452. The lowest BCUT2D eigenvalue weighted by Gasteiger charge is -2.11. The average Bonchev–Trinajstić information content (AvgIpc) is 2.38. The van der Waals surface area contributed by atoms with Gasteiger partial charge in [-0.05, 0) is 37.0 Å². The SMILES string of the molecule is CCOC(=O)c1cccc(CCCBr)c1CC#N. The summed E-state index contributed by atoms with van der Waals surface area (Å²) in [5.74, 6) is -0.344. The van der Waals surface area contributed by atoms with Gasteiger partial charge in [-0.2, -0.15) is 5.26 Å². The van der Waals surface area contributed by atoms with Crippen LogP contribution in [-0.4, -0.2) is 17.9 Å². The van der Waals surface area contributed by atoms with Crippen molar-refractivity contribution in [2.24, 2.45) is 0 Å². The molecule has 0 unspecified atom stereocenters. The Morgan fingerprint density at radius 3 is 2.89 bits per heavy atom. The van der Waals surface area contributed by atoms with Crippen molar-refractivity contribution in [2.45, 2.75) is 26.2 Å². The van der Waals surface area contributed by atoms with Crippen LogP contribution in [0.1, 0.15) is 34.8 Å². The Kier molecular flexibility index (Phi) is 6.45. The van der Waals surface area contributed by atoms with Crippen LogP contribution < -0.4 is 0 Å². The number of nitriles is 1. The van der Waals surface area contributed by atoms with E-state index in [9.17, 15) is 4.79 Å². The molecule has 0 aliphatic carbocycles. The molecule has 0 N–H and O–H groups in total. The summed E-state index contributed by atoms with van der Waals surface area (Å²) >= 11 is 3.39. The van der Waals surface area contributed by atoms with Crippen molar-refractivity contribution in [1.82, 2.24) is 0 Å². The molecule has 0 fully saturated rings. The monoisotopic (exact) mass is 309 g/mol. The maximum absolute atomic E-state index is 11.8. The molecule has 96 valence electrons. The van der Waals surface area contributed by atoms with Gasteiger partial charge < -0.3 is 4.74 Å². The lowest BCUT2D eigenvalue weighted by atomic mass is 9.96. The van der Waals surface area contributed by atoms with E-state index >= 15 is 0 Å². The topological polar surface area (TPSA) is 50.1 Å². The van der Waals surface area contributed by atoms with Crippen LogP contribution in [0.15, 0.2) is 18.2 Å². The largest absolute Gasteiger partial charge is 0.462 e. The number of nitrogens with zero attached hydrogens (tertiary/aromatic N) is 1. The summed E-state index contributed by atoms with van der Waals surface area (Å²) in [6, 6.07) is 7.66. The van der Waals surface area contributed by atoms with Crippen LogP contribution in [0.25, 0.3) is 0 Å². The Hall–Kier alpha value is -1.34. The Morgan fingerprint density at radius 2 is 2.28 bits per heavy atom. The first-order valence-electron chi connectivity index (χ1n) is 5.95. The van der Waals surface area contributed by atoms with Gasteiger partial charge in [-0.25, -0.2) is 4.79 Å². The van der Waals surface area contributed by atoms with Crippen LogP contribution in [0.5, 0.6) is 0 Å². The Balaban J connectivity index is 3.09. The Morgan fingerprint density at radius 1 is 1.50 bits per heavy atom. The van der Waals surface area contributed by atoms with Crippen molar-refractivity contribution in [3.8, 4) is 6.07 Å². The molecule has 0 aromatic heterocycles. The molecule has 1 rings (SSSR count). The van der Waals surface area contributed by atoms with Crippen LogP contribution >= 0.6 is 15.9 Å². The molecule has 0 saturated heterocycles. The second-order valence-electron chi connectivity index (χ2n) is 3.79. The highest BCUT2D eigenvalue weighted by Gasteiger charge is 2.15. The summed E-state index contributed by atoms with van der Waals surface area (Å²) in [6.07, 6.45) is 2.08. The molecule has 0 heterocycles. The molecule has 0 bridgehead atoms. The van der Waals surface area contributed by atoms with Gasteiger partial charge in [-0.3, -0.25) is 0 Å². The third-order valence-electron chi connectivity index (χ3n) is 2.60. The molecule has 18 heavy (non-hydrogen) atoms. The summed E-state index contributed by atoms with van der Waals surface area (Å²) in [5, 5.41) is 9.80. The number of halogens is 1. The molecule has 0 radical (unpaired) electrons. The van der Waals surface area contributed by atoms with Crippen molar-refractivity contribution in [3.05, 3.63) is 34.9 Å². The molecule has 0 saturated carbocycles. The van der Waals surface area contributed by atoms with Gasteiger partial charge in [0, 0.05) is 5.33 Å². The molecule has 1 aromatic rings. The van der Waals surface area contributed by atoms with E-state index < -0.39 is 0 Å². The number of alkyl halides is 1. The van der Waals surface area contributed by atoms with E-state index in [0.29, 0.717) is 12.2 Å².